The Labute approximate surface area is 165 Å². The highest BCUT2D eigenvalue weighted by atomic mass is 16.2. The van der Waals surface area contributed by atoms with Gasteiger partial charge in [-0.1, -0.05) is 37.3 Å². The number of aromatic nitrogens is 1. The highest BCUT2D eigenvalue weighted by Crippen LogP contribution is 2.21. The van der Waals surface area contributed by atoms with Crippen molar-refractivity contribution in [3.63, 3.8) is 0 Å². The van der Waals surface area contributed by atoms with Crippen molar-refractivity contribution in [3.05, 3.63) is 71.9 Å². The van der Waals surface area contributed by atoms with E-state index in [1.54, 1.807) is 0 Å². The number of fused-ring (bicyclic) bond motifs is 1. The van der Waals surface area contributed by atoms with Crippen LogP contribution in [-0.4, -0.2) is 45.7 Å². The molecule has 28 heavy (non-hydrogen) atoms. The number of H-pyrrole nitrogens is 1. The number of carbonyl (C=O) groups excluding carboxylic acids is 2. The van der Waals surface area contributed by atoms with Gasteiger partial charge in [-0.3, -0.25) is 9.59 Å². The third kappa shape index (κ3) is 3.65. The van der Waals surface area contributed by atoms with Crippen molar-refractivity contribution in [1.82, 2.24) is 14.8 Å². The Balaban J connectivity index is 1.54. The van der Waals surface area contributed by atoms with Gasteiger partial charge in [0.05, 0.1) is 0 Å². The van der Waals surface area contributed by atoms with E-state index in [2.05, 4.69) is 11.9 Å². The number of benzene rings is 2. The van der Waals surface area contributed by atoms with E-state index < -0.39 is 0 Å². The summed E-state index contributed by atoms with van der Waals surface area (Å²) in [5.41, 5.74) is 2.81. The molecule has 144 valence electrons. The van der Waals surface area contributed by atoms with Crippen LogP contribution in [0.15, 0.2) is 60.8 Å². The molecule has 0 radical (unpaired) electrons. The van der Waals surface area contributed by atoms with Gasteiger partial charge in [0.15, 0.2) is 0 Å². The molecule has 1 aromatic heterocycles. The molecule has 0 unspecified atom stereocenters. The molecule has 2 amide bonds. The minimum absolute atomic E-state index is 0.00379. The second-order valence-electron chi connectivity index (χ2n) is 7.35. The van der Waals surface area contributed by atoms with Crippen LogP contribution in [0.1, 0.15) is 35.7 Å². The van der Waals surface area contributed by atoms with Crippen LogP contribution in [0, 0.1) is 0 Å². The lowest BCUT2D eigenvalue weighted by Crippen LogP contribution is -2.43. The average molecular weight is 375 g/mol. The van der Waals surface area contributed by atoms with Crippen molar-refractivity contribution in [2.75, 3.05) is 13.1 Å². The van der Waals surface area contributed by atoms with Gasteiger partial charge >= 0.3 is 0 Å². The number of aromatic amines is 1. The molecule has 4 rings (SSSR count). The van der Waals surface area contributed by atoms with Gasteiger partial charge in [0.25, 0.3) is 5.91 Å². The standard InChI is InChI=1S/C23H25N3O2/c1-2-20-16-25(23(28)19-8-9-21-18(14-19)10-12-24-21)13-11-22(27)26(20)15-17-6-4-3-5-7-17/h3-10,12,14,20,24H,2,11,13,15-16H2,1H3/t20-/m1/s1. The summed E-state index contributed by atoms with van der Waals surface area (Å²) in [6, 6.07) is 17.7. The van der Waals surface area contributed by atoms with Crippen LogP contribution in [0.3, 0.4) is 0 Å². The quantitative estimate of drug-likeness (QED) is 0.754. The lowest BCUT2D eigenvalue weighted by molar-refractivity contribution is -0.133. The number of nitrogens with one attached hydrogen (secondary N) is 1. The fraction of sp³-hybridized carbons (Fsp3) is 0.304. The fourth-order valence-electron chi connectivity index (χ4n) is 3.92. The molecule has 2 aromatic carbocycles. The maximum absolute atomic E-state index is 13.1. The number of hydrogen-bond donors (Lipinski definition) is 1. The monoisotopic (exact) mass is 375 g/mol. The highest BCUT2D eigenvalue weighted by molar-refractivity contribution is 5.98. The molecular formula is C23H25N3O2. The van der Waals surface area contributed by atoms with Gasteiger partial charge in [-0.25, -0.2) is 0 Å². The number of hydrogen-bond acceptors (Lipinski definition) is 2. The minimum atomic E-state index is -0.00379. The lowest BCUT2D eigenvalue weighted by Gasteiger charge is -2.31. The number of amides is 2. The SMILES string of the molecule is CC[C@@H]1CN(C(=O)c2ccc3[nH]ccc3c2)CCC(=O)N1Cc1ccccc1. The molecule has 2 heterocycles. The molecule has 1 aliphatic heterocycles. The van der Waals surface area contributed by atoms with Crippen LogP contribution >= 0.6 is 0 Å². The zero-order valence-corrected chi connectivity index (χ0v) is 16.1. The number of carbonyl (C=O) groups is 2. The average Bonchev–Trinajstić information content (AvgIpc) is 3.14. The van der Waals surface area contributed by atoms with Crippen LogP contribution in [0.4, 0.5) is 0 Å². The summed E-state index contributed by atoms with van der Waals surface area (Å²) in [6.07, 6.45) is 3.05. The summed E-state index contributed by atoms with van der Waals surface area (Å²) in [4.78, 5) is 32.9. The molecule has 1 saturated heterocycles. The third-order valence-electron chi connectivity index (χ3n) is 5.54. The maximum Gasteiger partial charge on any atom is 0.253 e. The topological polar surface area (TPSA) is 56.4 Å². The zero-order chi connectivity index (χ0) is 19.5. The van der Waals surface area contributed by atoms with E-state index in [0.29, 0.717) is 31.6 Å². The van der Waals surface area contributed by atoms with Gasteiger partial charge in [-0.05, 0) is 36.2 Å². The minimum Gasteiger partial charge on any atom is -0.361 e. The van der Waals surface area contributed by atoms with Crippen molar-refractivity contribution in [3.8, 4) is 0 Å². The van der Waals surface area contributed by atoms with E-state index in [1.165, 1.54) is 0 Å². The Kier molecular flexibility index (Phi) is 5.15. The first-order chi connectivity index (χ1) is 13.7. The van der Waals surface area contributed by atoms with Crippen molar-refractivity contribution >= 4 is 22.7 Å². The van der Waals surface area contributed by atoms with Gasteiger partial charge < -0.3 is 14.8 Å². The van der Waals surface area contributed by atoms with E-state index in [4.69, 9.17) is 0 Å². The largest absolute Gasteiger partial charge is 0.361 e. The molecule has 0 bridgehead atoms. The lowest BCUT2D eigenvalue weighted by atomic mass is 10.1. The van der Waals surface area contributed by atoms with Gasteiger partial charge in [0.1, 0.15) is 0 Å². The van der Waals surface area contributed by atoms with Gasteiger partial charge in [-0.2, -0.15) is 0 Å². The first-order valence-electron chi connectivity index (χ1n) is 9.85. The molecule has 0 spiro atoms. The van der Waals surface area contributed by atoms with E-state index in [1.807, 2.05) is 70.6 Å². The molecule has 1 fully saturated rings. The van der Waals surface area contributed by atoms with Gasteiger partial charge in [-0.15, -0.1) is 0 Å². The fourth-order valence-corrected chi connectivity index (χ4v) is 3.92. The predicted molar refractivity (Wildman–Crippen MR) is 110 cm³/mol. The Morgan fingerprint density at radius 1 is 1.14 bits per heavy atom. The Hall–Kier alpha value is -3.08. The van der Waals surface area contributed by atoms with E-state index >= 15 is 0 Å². The van der Waals surface area contributed by atoms with Crippen LogP contribution in [0.25, 0.3) is 10.9 Å². The summed E-state index contributed by atoms with van der Waals surface area (Å²) >= 11 is 0. The molecule has 0 saturated carbocycles. The molecule has 3 aromatic rings. The second kappa shape index (κ2) is 7.89. The third-order valence-corrected chi connectivity index (χ3v) is 5.54. The summed E-state index contributed by atoms with van der Waals surface area (Å²) in [5.74, 6) is 0.114. The van der Waals surface area contributed by atoms with Crippen molar-refractivity contribution in [2.24, 2.45) is 0 Å². The molecule has 1 atom stereocenters. The smallest absolute Gasteiger partial charge is 0.253 e. The summed E-state index contributed by atoms with van der Waals surface area (Å²) in [7, 11) is 0. The first-order valence-corrected chi connectivity index (χ1v) is 9.85. The van der Waals surface area contributed by atoms with Crippen LogP contribution in [0.2, 0.25) is 0 Å². The van der Waals surface area contributed by atoms with Crippen molar-refractivity contribution in [1.29, 1.82) is 0 Å². The molecule has 1 N–H and O–H groups in total. The zero-order valence-electron chi connectivity index (χ0n) is 16.1. The Morgan fingerprint density at radius 2 is 1.96 bits per heavy atom. The Bertz CT molecular complexity index is 980. The second-order valence-corrected chi connectivity index (χ2v) is 7.35. The first kappa shape index (κ1) is 18.3. The highest BCUT2D eigenvalue weighted by Gasteiger charge is 2.31. The normalized spacial score (nSPS) is 17.8. The molecule has 5 nitrogen and oxygen atoms in total. The van der Waals surface area contributed by atoms with Crippen LogP contribution < -0.4 is 0 Å². The predicted octanol–water partition coefficient (Wildman–Crippen LogP) is 3.82. The van der Waals surface area contributed by atoms with Crippen LogP contribution in [-0.2, 0) is 11.3 Å². The number of rotatable bonds is 4. The van der Waals surface area contributed by atoms with E-state index in [0.717, 1.165) is 22.9 Å². The van der Waals surface area contributed by atoms with E-state index in [9.17, 15) is 9.59 Å². The summed E-state index contributed by atoms with van der Waals surface area (Å²) in [5, 5.41) is 1.02. The van der Waals surface area contributed by atoms with Crippen LogP contribution in [0.5, 0.6) is 0 Å². The molecule has 0 aliphatic carbocycles. The van der Waals surface area contributed by atoms with E-state index in [-0.39, 0.29) is 17.9 Å². The molecular weight excluding hydrogens is 350 g/mol. The van der Waals surface area contributed by atoms with Gasteiger partial charge in [0.2, 0.25) is 5.91 Å². The van der Waals surface area contributed by atoms with Crippen molar-refractivity contribution in [2.45, 2.75) is 32.4 Å². The maximum atomic E-state index is 13.1. The molecule has 5 heteroatoms. The number of nitrogens with zero attached hydrogens (tertiary/aromatic N) is 2. The summed E-state index contributed by atoms with van der Waals surface area (Å²) in [6.45, 7) is 3.70. The summed E-state index contributed by atoms with van der Waals surface area (Å²) < 4.78 is 0. The molecule has 1 aliphatic rings. The van der Waals surface area contributed by atoms with Crippen molar-refractivity contribution < 1.29 is 9.59 Å². The Morgan fingerprint density at radius 3 is 2.75 bits per heavy atom. The van der Waals surface area contributed by atoms with Gasteiger partial charge in [0, 0.05) is 54.8 Å².